The van der Waals surface area contributed by atoms with Crippen molar-refractivity contribution in [2.45, 2.75) is 152 Å². The number of esters is 1. The quantitative estimate of drug-likeness (QED) is 0.0420. The lowest BCUT2D eigenvalue weighted by molar-refractivity contribution is -0.160. The van der Waals surface area contributed by atoms with E-state index in [0.29, 0.717) is 33.4 Å². The second kappa shape index (κ2) is 29.9. The summed E-state index contributed by atoms with van der Waals surface area (Å²) < 4.78 is 35.0. The van der Waals surface area contributed by atoms with Crippen molar-refractivity contribution in [3.05, 3.63) is 132 Å². The van der Waals surface area contributed by atoms with E-state index in [-0.39, 0.29) is 106 Å². The zero-order valence-corrected chi connectivity index (χ0v) is 48.2. The van der Waals surface area contributed by atoms with E-state index in [1.54, 1.807) is 12.1 Å². The van der Waals surface area contributed by atoms with Crippen molar-refractivity contribution in [1.29, 1.82) is 0 Å². The number of ketones is 4. The number of rotatable bonds is 7. The first-order valence-corrected chi connectivity index (χ1v) is 26.6. The molecule has 21 heteroatoms. The third-order valence-electron chi connectivity index (χ3n) is 12.9. The normalized spacial score (nSPS) is 17.3. The molecule has 6 aromatic rings. The summed E-state index contributed by atoms with van der Waals surface area (Å²) in [6.45, 7) is 26.5. The third kappa shape index (κ3) is 18.2. The Labute approximate surface area is 467 Å². The number of halogens is 2. The van der Waals surface area contributed by atoms with Crippen LogP contribution in [0.3, 0.4) is 0 Å². The second-order valence-electron chi connectivity index (χ2n) is 21.8. The van der Waals surface area contributed by atoms with Gasteiger partial charge in [-0.3, -0.25) is 43.2 Å². The van der Waals surface area contributed by atoms with Gasteiger partial charge in [0, 0.05) is 33.8 Å². The standard InChI is InChI=1S/2C12H13NO2.C9H10F2O.C7H11NO2.2C7H10O3.C6H9NO2/c1-7(2)10-11(14)8-5-3-4-6-9(8)13-12(10)15;1-7(2)10-8-5-3-4-6-9(8)13-12(15)11(10)14;1-5(2)6-3-7(10)9(12)8(11)4-6;1-4(2)7-5(9)3-6(10)8-7;1-4(2)7-5(8)3-6(9)10-7;1-3(2)4-5(8)7(10)6(4)9;1-4(2)5-3-6(8)7-9-5/h3-7H,1-2H3,(H2,13,14,15);3-7,14H,1-2H3,(H,13,15);3-5,12H,1-2H3;4,7H,3H2,1-2H3,(H,8,10);4,7H,3H2,1-2H3;3-5,8H,1-2H3;3-4H,1-2H3,(H,7,8). The van der Waals surface area contributed by atoms with Crippen molar-refractivity contribution in [3.63, 3.8) is 0 Å². The van der Waals surface area contributed by atoms with Crippen LogP contribution in [0.25, 0.3) is 21.8 Å². The van der Waals surface area contributed by atoms with Gasteiger partial charge in [0.2, 0.25) is 17.5 Å². The summed E-state index contributed by atoms with van der Waals surface area (Å²) >= 11 is 0. The summed E-state index contributed by atoms with van der Waals surface area (Å²) in [6, 6.07) is 18.3. The van der Waals surface area contributed by atoms with Crippen LogP contribution in [0.4, 0.5) is 8.78 Å². The molecule has 5 heterocycles. The maximum atomic E-state index is 12.7. The number of aromatic amines is 3. The number of pyridine rings is 2. The number of aromatic nitrogens is 3. The van der Waals surface area contributed by atoms with E-state index in [2.05, 4.69) is 20.4 Å². The molecule has 4 unspecified atom stereocenters. The average Bonchev–Trinajstić information content (AvgIpc) is 4.12. The van der Waals surface area contributed by atoms with E-state index in [1.807, 2.05) is 133 Å². The van der Waals surface area contributed by atoms with Crippen LogP contribution in [0.2, 0.25) is 0 Å². The number of amides is 1. The Hall–Kier alpha value is -8.07. The molecule has 0 spiro atoms. The Morgan fingerprint density at radius 1 is 0.543 bits per heavy atom. The number of phenolic OH excluding ortho intramolecular Hbond substituents is 1. The van der Waals surface area contributed by atoms with E-state index < -0.39 is 52.6 Å². The highest BCUT2D eigenvalue weighted by atomic mass is 19.1. The maximum absolute atomic E-state index is 12.7. The number of para-hydroxylation sites is 2. The van der Waals surface area contributed by atoms with Crippen LogP contribution in [0.5, 0.6) is 17.2 Å². The number of hydrogen-bond donors (Lipinski definition) is 8. The molecule has 3 aliphatic rings. The third-order valence-corrected chi connectivity index (χ3v) is 12.9. The molecule has 2 aliphatic heterocycles. The minimum atomic E-state index is -1.02. The molecule has 4 atom stereocenters. The molecule has 1 saturated carbocycles. The van der Waals surface area contributed by atoms with E-state index in [9.17, 15) is 62.1 Å². The Morgan fingerprint density at radius 3 is 1.42 bits per heavy atom. The van der Waals surface area contributed by atoms with Crippen molar-refractivity contribution < 1.29 is 67.2 Å². The van der Waals surface area contributed by atoms with Gasteiger partial charge < -0.3 is 45.0 Å². The first kappa shape index (κ1) is 67.2. The minimum Gasteiger partial charge on any atom is -0.507 e. The van der Waals surface area contributed by atoms with E-state index in [4.69, 9.17) is 19.5 Å². The number of aliphatic hydroxyl groups excluding tert-OH is 1. The summed E-state index contributed by atoms with van der Waals surface area (Å²) in [5.41, 5.74) is 2.36. The fourth-order valence-electron chi connectivity index (χ4n) is 8.42. The molecule has 8 N–H and O–H groups in total. The number of benzene rings is 3. The van der Waals surface area contributed by atoms with Gasteiger partial charge in [-0.25, -0.2) is 8.78 Å². The summed E-state index contributed by atoms with van der Waals surface area (Å²) in [4.78, 5) is 103. The van der Waals surface area contributed by atoms with Crippen LogP contribution in [0.1, 0.15) is 156 Å². The number of ether oxygens (including phenoxy) is 1. The van der Waals surface area contributed by atoms with Gasteiger partial charge in [-0.2, -0.15) is 5.16 Å². The monoisotopic (exact) mass is 1130 g/mol. The van der Waals surface area contributed by atoms with E-state index >= 15 is 0 Å². The van der Waals surface area contributed by atoms with Crippen molar-refractivity contribution in [2.24, 2.45) is 23.7 Å². The fourth-order valence-corrected chi connectivity index (χ4v) is 8.42. The molecule has 81 heavy (non-hydrogen) atoms. The molecule has 1 aliphatic carbocycles. The number of carbonyl (C=O) groups is 6. The number of Topliss-reactive ketones (excluding diaryl/α,β-unsaturated/α-hetero) is 4. The van der Waals surface area contributed by atoms with Gasteiger partial charge in [-0.05, 0) is 71.4 Å². The Morgan fingerprint density at radius 2 is 1.06 bits per heavy atom. The van der Waals surface area contributed by atoms with Crippen LogP contribution < -0.4 is 22.0 Å². The summed E-state index contributed by atoms with van der Waals surface area (Å²) in [6.07, 6.45) is -1.47. The number of nitrogens with one attached hydrogen (secondary N) is 4. The van der Waals surface area contributed by atoms with Gasteiger partial charge in [0.1, 0.15) is 24.0 Å². The van der Waals surface area contributed by atoms with Crippen molar-refractivity contribution in [3.8, 4) is 17.2 Å². The number of H-pyrrole nitrogens is 3. The van der Waals surface area contributed by atoms with Crippen molar-refractivity contribution >= 4 is 56.8 Å². The smallest absolute Gasteiger partial charge is 0.314 e. The van der Waals surface area contributed by atoms with Crippen LogP contribution >= 0.6 is 0 Å². The van der Waals surface area contributed by atoms with Gasteiger partial charge in [0.25, 0.3) is 16.7 Å². The van der Waals surface area contributed by atoms with Gasteiger partial charge >= 0.3 is 5.97 Å². The zero-order chi connectivity index (χ0) is 61.5. The van der Waals surface area contributed by atoms with Crippen LogP contribution in [0.15, 0.2) is 85.6 Å². The Balaban J connectivity index is 0.000000250. The topological polar surface area (TPSA) is 316 Å². The Kier molecular flexibility index (Phi) is 24.8. The Bertz CT molecular complexity index is 3300. The maximum Gasteiger partial charge on any atom is 0.314 e. The average molecular weight is 1130 g/mol. The number of hydrogen-bond acceptors (Lipinski definition) is 15. The molecule has 3 aromatic carbocycles. The van der Waals surface area contributed by atoms with E-state index in [0.717, 1.165) is 23.0 Å². The number of aliphatic hydroxyl groups is 1. The van der Waals surface area contributed by atoms with Crippen molar-refractivity contribution in [2.75, 3.05) is 0 Å². The number of fused-ring (bicyclic) bond motifs is 2. The predicted molar refractivity (Wildman–Crippen MR) is 301 cm³/mol. The number of phenols is 1. The molecule has 2 saturated heterocycles. The molecule has 3 fully saturated rings. The number of carbonyl (C=O) groups excluding carboxylic acids is 6. The van der Waals surface area contributed by atoms with Gasteiger partial charge in [0.05, 0.1) is 29.5 Å². The molecule has 19 nitrogen and oxygen atoms in total. The lowest BCUT2D eigenvalue weighted by Gasteiger charge is -2.31. The van der Waals surface area contributed by atoms with Crippen LogP contribution in [0, 0.1) is 35.3 Å². The predicted octanol–water partition coefficient (Wildman–Crippen LogP) is 9.00. The summed E-state index contributed by atoms with van der Waals surface area (Å²) in [5, 5.41) is 43.8. The highest BCUT2D eigenvalue weighted by molar-refractivity contribution is 6.46. The molecular formula is C60H76F2N4O15. The summed E-state index contributed by atoms with van der Waals surface area (Å²) in [7, 11) is 0. The highest BCUT2D eigenvalue weighted by Gasteiger charge is 2.49. The van der Waals surface area contributed by atoms with Crippen LogP contribution in [-0.2, 0) is 33.5 Å². The molecular weight excluding hydrogens is 1050 g/mol. The largest absolute Gasteiger partial charge is 0.507 e. The van der Waals surface area contributed by atoms with Gasteiger partial charge in [0.15, 0.2) is 40.8 Å². The lowest BCUT2D eigenvalue weighted by Crippen LogP contribution is -2.54. The first-order valence-electron chi connectivity index (χ1n) is 26.6. The SMILES string of the molecule is CC(C)C1C(=O)C(=O)C1O.CC(C)C1NC(=O)CC1=O.CC(C)C1OC(=O)CC1=O.CC(C)c1c(O)c(=O)[nH]c2ccccc12.CC(C)c1c(O)c2ccccc2[nH]c1=O.CC(C)c1cc(=O)[nH]o1.CC(C)c1cc(F)c(O)c(F)c1. The molecule has 1 amide bonds. The lowest BCUT2D eigenvalue weighted by atomic mass is 9.72. The molecule has 0 bridgehead atoms. The fraction of sp³-hybridized carbons (Fsp3) is 0.450. The molecule has 9 rings (SSSR count). The van der Waals surface area contributed by atoms with Crippen molar-refractivity contribution in [1.82, 2.24) is 20.4 Å². The summed E-state index contributed by atoms with van der Waals surface area (Å²) in [5.74, 6) is -3.25. The zero-order valence-electron chi connectivity index (χ0n) is 48.2. The highest BCUT2D eigenvalue weighted by Crippen LogP contribution is 2.31. The van der Waals surface area contributed by atoms with Gasteiger partial charge in [-0.15, -0.1) is 0 Å². The molecule has 3 aromatic heterocycles. The number of aromatic hydroxyl groups is 3. The van der Waals surface area contributed by atoms with E-state index in [1.165, 1.54) is 6.07 Å². The molecule has 0 radical (unpaired) electrons. The molecule has 440 valence electrons. The second-order valence-corrected chi connectivity index (χ2v) is 21.8. The first-order chi connectivity index (χ1) is 37.7. The number of cyclic esters (lactones) is 1. The van der Waals surface area contributed by atoms with Gasteiger partial charge in [-0.1, -0.05) is 127 Å². The van der Waals surface area contributed by atoms with Crippen LogP contribution in [-0.4, -0.2) is 88.8 Å². The minimum absolute atomic E-state index is 0.0124.